The number of sulfonamides is 2. The SMILES string of the molecule is O=S(=O)(Nc1ccc(-n2cccn2)c(F)c1)c1ccc(S(=O)(=O)N2CCCCC2)cc1. The fraction of sp³-hybridized carbons (Fsp3) is 0.250. The average Bonchev–Trinajstić information content (AvgIpc) is 3.29. The molecule has 1 saturated heterocycles. The topological polar surface area (TPSA) is 101 Å². The summed E-state index contributed by atoms with van der Waals surface area (Å²) in [4.78, 5) is -0.0791. The van der Waals surface area contributed by atoms with Gasteiger partial charge < -0.3 is 0 Å². The fourth-order valence-corrected chi connectivity index (χ4v) is 5.99. The lowest BCUT2D eigenvalue weighted by Crippen LogP contribution is -2.35. The van der Waals surface area contributed by atoms with Gasteiger partial charge in [0.05, 0.1) is 15.5 Å². The van der Waals surface area contributed by atoms with Crippen LogP contribution in [0.2, 0.25) is 0 Å². The van der Waals surface area contributed by atoms with Crippen LogP contribution in [0.15, 0.2) is 70.7 Å². The number of nitrogens with one attached hydrogen (secondary N) is 1. The predicted molar refractivity (Wildman–Crippen MR) is 113 cm³/mol. The highest BCUT2D eigenvalue weighted by molar-refractivity contribution is 7.92. The highest BCUT2D eigenvalue weighted by Crippen LogP contribution is 2.24. The molecule has 0 aliphatic carbocycles. The number of hydrogen-bond donors (Lipinski definition) is 1. The maximum Gasteiger partial charge on any atom is 0.261 e. The summed E-state index contributed by atoms with van der Waals surface area (Å²) >= 11 is 0. The number of aromatic nitrogens is 2. The van der Waals surface area contributed by atoms with Crippen LogP contribution in [0.1, 0.15) is 19.3 Å². The predicted octanol–water partition coefficient (Wildman–Crippen LogP) is 2.99. The van der Waals surface area contributed by atoms with Crippen molar-refractivity contribution in [1.29, 1.82) is 0 Å². The summed E-state index contributed by atoms with van der Waals surface area (Å²) in [6.45, 7) is 0.925. The minimum absolute atomic E-state index is 0.0402. The molecule has 0 unspecified atom stereocenters. The zero-order valence-electron chi connectivity index (χ0n) is 16.5. The summed E-state index contributed by atoms with van der Waals surface area (Å²) in [5, 5.41) is 3.95. The second-order valence-electron chi connectivity index (χ2n) is 7.16. The van der Waals surface area contributed by atoms with Crippen molar-refractivity contribution < 1.29 is 21.2 Å². The van der Waals surface area contributed by atoms with E-state index in [1.54, 1.807) is 12.3 Å². The Labute approximate surface area is 180 Å². The molecule has 164 valence electrons. The Balaban J connectivity index is 1.53. The molecule has 4 rings (SSSR count). The van der Waals surface area contributed by atoms with Crippen molar-refractivity contribution in [3.05, 3.63) is 66.7 Å². The molecule has 1 fully saturated rings. The average molecular weight is 465 g/mol. The Hall–Kier alpha value is -2.76. The first-order valence-electron chi connectivity index (χ1n) is 9.70. The highest BCUT2D eigenvalue weighted by Gasteiger charge is 2.26. The number of rotatable bonds is 6. The second-order valence-corrected chi connectivity index (χ2v) is 10.8. The smallest absolute Gasteiger partial charge is 0.261 e. The molecular weight excluding hydrogens is 443 g/mol. The molecule has 1 aliphatic heterocycles. The van der Waals surface area contributed by atoms with Gasteiger partial charge in [-0.25, -0.2) is 25.9 Å². The fourth-order valence-electron chi connectivity index (χ4n) is 3.43. The number of halogens is 1. The molecule has 8 nitrogen and oxygen atoms in total. The Kier molecular flexibility index (Phi) is 5.82. The van der Waals surface area contributed by atoms with Crippen LogP contribution in [0, 0.1) is 5.82 Å². The zero-order chi connectivity index (χ0) is 22.1. The molecule has 0 bridgehead atoms. The van der Waals surface area contributed by atoms with Gasteiger partial charge in [0.2, 0.25) is 10.0 Å². The van der Waals surface area contributed by atoms with Crippen LogP contribution in [0.5, 0.6) is 0 Å². The number of benzene rings is 2. The molecule has 1 aromatic heterocycles. The molecule has 3 aromatic rings. The molecule has 1 N–H and O–H groups in total. The molecule has 0 radical (unpaired) electrons. The molecule has 11 heteroatoms. The monoisotopic (exact) mass is 464 g/mol. The summed E-state index contributed by atoms with van der Waals surface area (Å²) in [6.07, 6.45) is 5.70. The molecular formula is C20H21FN4O4S2. The van der Waals surface area contributed by atoms with Crippen molar-refractivity contribution in [3.8, 4) is 5.69 Å². The van der Waals surface area contributed by atoms with E-state index < -0.39 is 25.9 Å². The van der Waals surface area contributed by atoms with Crippen LogP contribution in [-0.2, 0) is 20.0 Å². The van der Waals surface area contributed by atoms with Gasteiger partial charge in [-0.3, -0.25) is 4.72 Å². The van der Waals surface area contributed by atoms with Crippen LogP contribution in [0.3, 0.4) is 0 Å². The molecule has 1 aliphatic rings. The first kappa shape index (κ1) is 21.5. The quantitative estimate of drug-likeness (QED) is 0.604. The maximum atomic E-state index is 14.4. The van der Waals surface area contributed by atoms with Gasteiger partial charge in [0.15, 0.2) is 5.82 Å². The van der Waals surface area contributed by atoms with Crippen molar-refractivity contribution in [3.63, 3.8) is 0 Å². The van der Waals surface area contributed by atoms with E-state index in [0.717, 1.165) is 25.3 Å². The van der Waals surface area contributed by atoms with Crippen molar-refractivity contribution in [2.24, 2.45) is 0 Å². The van der Waals surface area contributed by atoms with Crippen molar-refractivity contribution >= 4 is 25.7 Å². The molecule has 0 amide bonds. The Morgan fingerprint density at radius 2 is 1.58 bits per heavy atom. The second kappa shape index (κ2) is 8.40. The summed E-state index contributed by atoms with van der Waals surface area (Å²) in [5.41, 5.74) is 0.221. The van der Waals surface area contributed by atoms with E-state index in [1.807, 2.05) is 0 Å². The van der Waals surface area contributed by atoms with Gasteiger partial charge in [-0.1, -0.05) is 6.42 Å². The first-order chi connectivity index (χ1) is 14.8. The lowest BCUT2D eigenvalue weighted by atomic mass is 10.2. The number of hydrogen-bond acceptors (Lipinski definition) is 5. The summed E-state index contributed by atoms with van der Waals surface area (Å²) in [6, 6.07) is 10.6. The van der Waals surface area contributed by atoms with E-state index in [9.17, 15) is 21.2 Å². The van der Waals surface area contributed by atoms with Gasteiger partial charge in [-0.05, 0) is 55.3 Å². The molecule has 0 atom stereocenters. The van der Waals surface area contributed by atoms with E-state index in [4.69, 9.17) is 0 Å². The molecule has 2 heterocycles. The third kappa shape index (κ3) is 4.48. The Morgan fingerprint density at radius 3 is 2.19 bits per heavy atom. The van der Waals surface area contributed by atoms with Crippen LogP contribution >= 0.6 is 0 Å². The highest BCUT2D eigenvalue weighted by atomic mass is 32.2. The molecule has 0 saturated carbocycles. The van der Waals surface area contributed by atoms with Gasteiger partial charge in [-0.15, -0.1) is 0 Å². The van der Waals surface area contributed by atoms with E-state index >= 15 is 0 Å². The molecule has 0 spiro atoms. The number of piperidine rings is 1. The summed E-state index contributed by atoms with van der Waals surface area (Å²) < 4.78 is 70.2. The van der Waals surface area contributed by atoms with Crippen LogP contribution in [0.25, 0.3) is 5.69 Å². The Bertz CT molecular complexity index is 1270. The molecule has 31 heavy (non-hydrogen) atoms. The summed E-state index contributed by atoms with van der Waals surface area (Å²) in [7, 11) is -7.69. The first-order valence-corrected chi connectivity index (χ1v) is 12.6. The van der Waals surface area contributed by atoms with E-state index in [2.05, 4.69) is 9.82 Å². The van der Waals surface area contributed by atoms with E-state index in [0.29, 0.717) is 13.1 Å². The van der Waals surface area contributed by atoms with Crippen LogP contribution in [-0.4, -0.2) is 44.0 Å². The van der Waals surface area contributed by atoms with Gasteiger partial charge in [-0.2, -0.15) is 9.40 Å². The van der Waals surface area contributed by atoms with Gasteiger partial charge in [0, 0.05) is 31.5 Å². The Morgan fingerprint density at radius 1 is 0.903 bits per heavy atom. The normalized spacial score (nSPS) is 15.6. The maximum absolute atomic E-state index is 14.4. The van der Waals surface area contributed by atoms with Crippen LogP contribution in [0.4, 0.5) is 10.1 Å². The van der Waals surface area contributed by atoms with Gasteiger partial charge in [0.25, 0.3) is 10.0 Å². The van der Waals surface area contributed by atoms with E-state index in [-0.39, 0.29) is 21.2 Å². The standard InChI is InChI=1S/C20H21FN4O4S2/c21-19-15-16(5-10-20(19)25-14-4-11-22-25)23-30(26,27)17-6-8-18(9-7-17)31(28,29)24-12-2-1-3-13-24/h4-11,14-15,23H,1-3,12-13H2. The minimum Gasteiger partial charge on any atom is -0.280 e. The van der Waals surface area contributed by atoms with Crippen molar-refractivity contribution in [2.75, 3.05) is 17.8 Å². The lowest BCUT2D eigenvalue weighted by molar-refractivity contribution is 0.346. The van der Waals surface area contributed by atoms with Crippen molar-refractivity contribution in [1.82, 2.24) is 14.1 Å². The summed E-state index contributed by atoms with van der Waals surface area (Å²) in [5.74, 6) is -0.646. The van der Waals surface area contributed by atoms with E-state index in [1.165, 1.54) is 51.6 Å². The largest absolute Gasteiger partial charge is 0.280 e. The number of anilines is 1. The van der Waals surface area contributed by atoms with Gasteiger partial charge >= 0.3 is 0 Å². The number of nitrogens with zero attached hydrogens (tertiary/aromatic N) is 3. The zero-order valence-corrected chi connectivity index (χ0v) is 18.1. The van der Waals surface area contributed by atoms with Crippen molar-refractivity contribution in [2.45, 2.75) is 29.1 Å². The minimum atomic E-state index is -4.03. The molecule has 2 aromatic carbocycles. The third-order valence-electron chi connectivity index (χ3n) is 5.04. The van der Waals surface area contributed by atoms with Gasteiger partial charge in [0.1, 0.15) is 5.69 Å². The lowest BCUT2D eigenvalue weighted by Gasteiger charge is -2.25. The van der Waals surface area contributed by atoms with Crippen LogP contribution < -0.4 is 4.72 Å². The third-order valence-corrected chi connectivity index (χ3v) is 8.35.